The molecule has 0 aromatic heterocycles. The normalized spacial score (nSPS) is 18.4. The first kappa shape index (κ1) is 38.4. The van der Waals surface area contributed by atoms with E-state index in [1.165, 1.54) is 106 Å². The van der Waals surface area contributed by atoms with E-state index < -0.39 is 0 Å². The van der Waals surface area contributed by atoms with E-state index >= 15 is 0 Å². The number of hydrogen-bond acceptors (Lipinski definition) is 5. The number of unbranched alkanes of at least 4 members (excludes halogenated alkanes) is 2. The topological polar surface area (TPSA) is 46.3 Å². The van der Waals surface area contributed by atoms with E-state index in [0.717, 1.165) is 58.0 Å². The minimum Gasteiger partial charge on any atom is -0.385 e. The molecule has 0 spiro atoms. The van der Waals surface area contributed by atoms with E-state index in [-0.39, 0.29) is 0 Å². The second kappa shape index (κ2) is 23.3. The molecule has 3 aliphatic rings. The first-order chi connectivity index (χ1) is 22.6. The van der Waals surface area contributed by atoms with Gasteiger partial charge in [-0.15, -0.1) is 0 Å². The number of ether oxygens (including phenoxy) is 3. The summed E-state index contributed by atoms with van der Waals surface area (Å²) >= 11 is 0. The standard InChI is InChI=1S/C21H35NO.C11H22O2.C9H11N/c1-4-6-10-19(5-2)17-23-16-18(3)15-22-14-9-12-20-11-7-8-13-21(20)22;1-3-5-6-10(4-2)7-12-8-11-9-13-11;1-2-6-9-8(4-1)5-3-7-10-9/h7-8,11,13,18-19H,4-6,9-10,12,14-17H2,1-3H3;10-11H,3-9H2,1-2H3;1-2,4,6,10H,3,5,7H2. The van der Waals surface area contributed by atoms with Gasteiger partial charge in [-0.1, -0.05) is 110 Å². The zero-order valence-corrected chi connectivity index (χ0v) is 30.2. The van der Waals surface area contributed by atoms with Gasteiger partial charge < -0.3 is 24.4 Å². The van der Waals surface area contributed by atoms with Crippen LogP contribution in [0.3, 0.4) is 0 Å². The number of para-hydroxylation sites is 2. The summed E-state index contributed by atoms with van der Waals surface area (Å²) in [6, 6.07) is 17.4. The van der Waals surface area contributed by atoms with Gasteiger partial charge in [-0.2, -0.15) is 0 Å². The van der Waals surface area contributed by atoms with Crippen LogP contribution in [0.25, 0.3) is 0 Å². The van der Waals surface area contributed by atoms with Crippen LogP contribution in [-0.2, 0) is 27.1 Å². The number of epoxide rings is 1. The quantitative estimate of drug-likeness (QED) is 0.165. The lowest BCUT2D eigenvalue weighted by Crippen LogP contribution is -2.34. The highest BCUT2D eigenvalue weighted by molar-refractivity contribution is 5.55. The van der Waals surface area contributed by atoms with Gasteiger partial charge in [0.15, 0.2) is 0 Å². The van der Waals surface area contributed by atoms with Gasteiger partial charge in [-0.25, -0.2) is 0 Å². The Morgan fingerprint density at radius 3 is 2.09 bits per heavy atom. The first-order valence-electron chi connectivity index (χ1n) is 19.0. The van der Waals surface area contributed by atoms with Gasteiger partial charge in [0.2, 0.25) is 0 Å². The fourth-order valence-corrected chi connectivity index (χ4v) is 6.41. The molecule has 0 bridgehead atoms. The van der Waals surface area contributed by atoms with Gasteiger partial charge in [-0.05, 0) is 79.5 Å². The van der Waals surface area contributed by atoms with Crippen LogP contribution < -0.4 is 10.2 Å². The summed E-state index contributed by atoms with van der Waals surface area (Å²) < 4.78 is 16.7. The summed E-state index contributed by atoms with van der Waals surface area (Å²) in [5.41, 5.74) is 5.75. The van der Waals surface area contributed by atoms with E-state index in [0.29, 0.717) is 12.0 Å². The molecule has 5 rings (SSSR count). The Balaban J connectivity index is 0.000000209. The van der Waals surface area contributed by atoms with Gasteiger partial charge in [0.25, 0.3) is 0 Å². The molecule has 4 atom stereocenters. The van der Waals surface area contributed by atoms with Gasteiger partial charge >= 0.3 is 0 Å². The largest absolute Gasteiger partial charge is 0.385 e. The number of rotatable bonds is 18. The number of nitrogens with zero attached hydrogens (tertiary/aromatic N) is 1. The number of hydrogen-bond donors (Lipinski definition) is 1. The maximum atomic E-state index is 6.05. The molecular formula is C41H68N2O3. The molecule has 2 aromatic carbocycles. The Kier molecular flexibility index (Phi) is 19.4. The van der Waals surface area contributed by atoms with Crippen molar-refractivity contribution in [2.24, 2.45) is 17.8 Å². The molecule has 0 radical (unpaired) electrons. The molecule has 0 saturated carbocycles. The van der Waals surface area contributed by atoms with E-state index in [2.05, 4.69) is 93.4 Å². The Hall–Kier alpha value is -2.08. The van der Waals surface area contributed by atoms with E-state index in [4.69, 9.17) is 14.2 Å². The Morgan fingerprint density at radius 1 is 0.804 bits per heavy atom. The van der Waals surface area contributed by atoms with Crippen LogP contribution in [0.4, 0.5) is 11.4 Å². The van der Waals surface area contributed by atoms with Crippen LogP contribution in [0.2, 0.25) is 0 Å². The summed E-state index contributed by atoms with van der Waals surface area (Å²) in [4.78, 5) is 2.56. The lowest BCUT2D eigenvalue weighted by molar-refractivity contribution is 0.0723. The summed E-state index contributed by atoms with van der Waals surface area (Å²) in [5, 5.41) is 3.36. The van der Waals surface area contributed by atoms with E-state index in [1.807, 2.05) is 0 Å². The molecule has 1 saturated heterocycles. The molecule has 3 heterocycles. The SMILES string of the molecule is CCCCC(CC)COCC(C)CN1CCCc2ccccc21.CCCCC(CC)COCC1CO1.c1ccc2c(c1)CCCN2. The summed E-state index contributed by atoms with van der Waals surface area (Å²) in [6.07, 6.45) is 15.8. The Morgan fingerprint density at radius 2 is 1.43 bits per heavy atom. The van der Waals surface area contributed by atoms with Gasteiger partial charge in [0.1, 0.15) is 6.10 Å². The molecule has 46 heavy (non-hydrogen) atoms. The monoisotopic (exact) mass is 637 g/mol. The zero-order chi connectivity index (χ0) is 32.8. The zero-order valence-electron chi connectivity index (χ0n) is 30.2. The Bertz CT molecular complexity index is 1020. The van der Waals surface area contributed by atoms with Crippen LogP contribution in [0.1, 0.15) is 110 Å². The van der Waals surface area contributed by atoms with Crippen molar-refractivity contribution in [1.82, 2.24) is 0 Å². The third-order valence-corrected chi connectivity index (χ3v) is 9.60. The average molecular weight is 637 g/mol. The highest BCUT2D eigenvalue weighted by atomic mass is 16.6. The van der Waals surface area contributed by atoms with Crippen LogP contribution in [0.5, 0.6) is 0 Å². The highest BCUT2D eigenvalue weighted by Crippen LogP contribution is 2.27. The molecule has 0 amide bonds. The van der Waals surface area contributed by atoms with Crippen molar-refractivity contribution in [3.8, 4) is 0 Å². The molecule has 0 aliphatic carbocycles. The van der Waals surface area contributed by atoms with Crippen LogP contribution in [-0.4, -0.2) is 58.8 Å². The second-order valence-electron chi connectivity index (χ2n) is 13.8. The lowest BCUT2D eigenvalue weighted by atomic mass is 10.00. The summed E-state index contributed by atoms with van der Waals surface area (Å²) in [5.74, 6) is 2.10. The smallest absolute Gasteiger partial charge is 0.104 e. The maximum absolute atomic E-state index is 6.05. The second-order valence-corrected chi connectivity index (χ2v) is 13.8. The van der Waals surface area contributed by atoms with Crippen molar-refractivity contribution >= 4 is 11.4 Å². The number of nitrogens with one attached hydrogen (secondary N) is 1. The third kappa shape index (κ3) is 15.2. The molecule has 3 aliphatic heterocycles. The fourth-order valence-electron chi connectivity index (χ4n) is 6.41. The molecule has 5 heteroatoms. The predicted octanol–water partition coefficient (Wildman–Crippen LogP) is 9.97. The summed E-state index contributed by atoms with van der Waals surface area (Å²) in [6.45, 7) is 19.3. The number of fused-ring (bicyclic) bond motifs is 2. The average Bonchev–Trinajstić information content (AvgIpc) is 3.93. The molecule has 260 valence electrons. The van der Waals surface area contributed by atoms with E-state index in [1.54, 1.807) is 0 Å². The highest BCUT2D eigenvalue weighted by Gasteiger charge is 2.22. The minimum atomic E-state index is 0.420. The predicted molar refractivity (Wildman–Crippen MR) is 197 cm³/mol. The van der Waals surface area contributed by atoms with Crippen molar-refractivity contribution in [3.63, 3.8) is 0 Å². The number of anilines is 2. The molecule has 1 N–H and O–H groups in total. The molecule has 5 nitrogen and oxygen atoms in total. The minimum absolute atomic E-state index is 0.420. The number of benzene rings is 2. The van der Waals surface area contributed by atoms with Crippen LogP contribution in [0.15, 0.2) is 48.5 Å². The van der Waals surface area contributed by atoms with Crippen LogP contribution >= 0.6 is 0 Å². The van der Waals surface area contributed by atoms with Crippen molar-refractivity contribution in [2.45, 2.75) is 118 Å². The first-order valence-corrected chi connectivity index (χ1v) is 19.0. The third-order valence-electron chi connectivity index (χ3n) is 9.60. The summed E-state index contributed by atoms with van der Waals surface area (Å²) in [7, 11) is 0. The van der Waals surface area contributed by atoms with Gasteiger partial charge in [0, 0.05) is 44.2 Å². The van der Waals surface area contributed by atoms with Gasteiger partial charge in [-0.3, -0.25) is 0 Å². The van der Waals surface area contributed by atoms with Crippen molar-refractivity contribution in [2.75, 3.05) is 62.9 Å². The maximum Gasteiger partial charge on any atom is 0.104 e. The van der Waals surface area contributed by atoms with Crippen molar-refractivity contribution < 1.29 is 14.2 Å². The molecular weight excluding hydrogens is 568 g/mol. The van der Waals surface area contributed by atoms with Crippen molar-refractivity contribution in [3.05, 3.63) is 59.7 Å². The molecule has 1 fully saturated rings. The molecule has 2 aromatic rings. The Labute approximate surface area is 283 Å². The molecule has 4 unspecified atom stereocenters. The lowest BCUT2D eigenvalue weighted by Gasteiger charge is -2.33. The van der Waals surface area contributed by atoms with Crippen molar-refractivity contribution in [1.29, 1.82) is 0 Å². The van der Waals surface area contributed by atoms with E-state index in [9.17, 15) is 0 Å². The van der Waals surface area contributed by atoms with Crippen LogP contribution in [0, 0.1) is 17.8 Å². The number of aryl methyl sites for hydroxylation is 2. The fraction of sp³-hybridized carbons (Fsp3) is 0.707. The van der Waals surface area contributed by atoms with Gasteiger partial charge in [0.05, 0.1) is 19.8 Å².